The number of carbonyl (C=O) groups excluding carboxylic acids is 4. The Morgan fingerprint density at radius 1 is 1.08 bits per heavy atom. The number of aromatic nitrogens is 2. The molecule has 1 aromatic heterocycles. The Bertz CT molecular complexity index is 1840. The molecule has 0 bridgehead atoms. The number of amides is 2. The summed E-state index contributed by atoms with van der Waals surface area (Å²) in [4.78, 5) is 67.1. The summed E-state index contributed by atoms with van der Waals surface area (Å²) < 4.78 is 40.7. The molecule has 1 saturated heterocycles. The zero-order valence-electron chi connectivity index (χ0n) is 32.1. The number of nitrogens with zero attached hydrogens (tertiary/aromatic N) is 4. The number of benzene rings is 1. The summed E-state index contributed by atoms with van der Waals surface area (Å²) in [7, 11) is -1.47. The lowest BCUT2D eigenvalue weighted by atomic mass is 9.90. The summed E-state index contributed by atoms with van der Waals surface area (Å²) in [6.45, 7) is 9.54. The van der Waals surface area contributed by atoms with Crippen LogP contribution in [0.15, 0.2) is 36.4 Å². The van der Waals surface area contributed by atoms with Crippen molar-refractivity contribution < 1.29 is 37.1 Å². The Morgan fingerprint density at radius 2 is 1.77 bits per heavy atom. The number of rotatable bonds is 9. The van der Waals surface area contributed by atoms with Crippen LogP contribution in [0, 0.1) is 23.2 Å². The first-order valence-electron chi connectivity index (χ1n) is 18.8. The van der Waals surface area contributed by atoms with Crippen molar-refractivity contribution >= 4 is 44.8 Å². The fraction of sp³-hybridized carbons (Fsp3) is 0.641. The number of para-hydroxylation sites is 2. The first-order valence-corrected chi connectivity index (χ1v) is 20.2. The van der Waals surface area contributed by atoms with Gasteiger partial charge in [-0.3, -0.25) is 19.2 Å². The number of ether oxygens (including phenoxy) is 2. The fourth-order valence-electron chi connectivity index (χ4n) is 7.31. The van der Waals surface area contributed by atoms with Crippen molar-refractivity contribution in [2.45, 2.75) is 117 Å². The van der Waals surface area contributed by atoms with Gasteiger partial charge in [0, 0.05) is 32.9 Å². The highest BCUT2D eigenvalue weighted by molar-refractivity contribution is 7.87. The van der Waals surface area contributed by atoms with Gasteiger partial charge in [0.1, 0.15) is 17.4 Å². The largest absolute Gasteiger partial charge is 0.471 e. The summed E-state index contributed by atoms with van der Waals surface area (Å²) in [6, 6.07) is 6.53. The van der Waals surface area contributed by atoms with E-state index in [0.717, 1.165) is 29.1 Å². The van der Waals surface area contributed by atoms with Gasteiger partial charge < -0.3 is 14.4 Å². The van der Waals surface area contributed by atoms with Gasteiger partial charge in [-0.2, -0.15) is 12.7 Å². The molecule has 5 atom stereocenters. The summed E-state index contributed by atoms with van der Waals surface area (Å²) in [5, 5.41) is 0. The summed E-state index contributed by atoms with van der Waals surface area (Å²) >= 11 is 0. The van der Waals surface area contributed by atoms with Crippen molar-refractivity contribution in [1.82, 2.24) is 23.9 Å². The van der Waals surface area contributed by atoms with E-state index in [1.54, 1.807) is 20.8 Å². The second kappa shape index (κ2) is 16.2. The zero-order chi connectivity index (χ0) is 38.7. The first-order chi connectivity index (χ1) is 24.9. The maximum atomic E-state index is 14.6. The van der Waals surface area contributed by atoms with Gasteiger partial charge in [-0.15, -0.1) is 0 Å². The molecule has 2 aromatic rings. The Balaban J connectivity index is 1.50. The molecule has 290 valence electrons. The minimum Gasteiger partial charge on any atom is -0.471 e. The fourth-order valence-corrected chi connectivity index (χ4v) is 7.94. The average Bonchev–Trinajstić information content (AvgIpc) is 3.59. The number of esters is 1. The van der Waals surface area contributed by atoms with E-state index in [2.05, 4.69) is 18.6 Å². The van der Waals surface area contributed by atoms with Crippen LogP contribution in [0.2, 0.25) is 0 Å². The van der Waals surface area contributed by atoms with Crippen LogP contribution in [0.4, 0.5) is 0 Å². The number of nitrogens with one attached hydrogen (secondary N) is 1. The molecule has 14 heteroatoms. The smallest absolute Gasteiger partial charge is 0.307 e. The van der Waals surface area contributed by atoms with E-state index in [9.17, 15) is 27.6 Å². The predicted octanol–water partition coefficient (Wildman–Crippen LogP) is 4.93. The normalized spacial score (nSPS) is 26.4. The third-order valence-corrected chi connectivity index (χ3v) is 11.6. The quantitative estimate of drug-likeness (QED) is 0.274. The lowest BCUT2D eigenvalue weighted by molar-refractivity contribution is -0.159. The third-order valence-electron chi connectivity index (χ3n) is 10.2. The van der Waals surface area contributed by atoms with E-state index in [1.165, 1.54) is 19.0 Å². The van der Waals surface area contributed by atoms with Gasteiger partial charge in [0.15, 0.2) is 5.78 Å². The predicted molar refractivity (Wildman–Crippen MR) is 200 cm³/mol. The number of hydrogen-bond acceptors (Lipinski definition) is 10. The molecule has 3 heterocycles. The van der Waals surface area contributed by atoms with E-state index in [4.69, 9.17) is 19.4 Å². The van der Waals surface area contributed by atoms with Gasteiger partial charge >= 0.3 is 16.2 Å². The van der Waals surface area contributed by atoms with Gasteiger partial charge in [0.2, 0.25) is 17.7 Å². The first kappa shape index (κ1) is 40.3. The maximum Gasteiger partial charge on any atom is 0.307 e. The van der Waals surface area contributed by atoms with Crippen LogP contribution in [0.25, 0.3) is 11.0 Å². The van der Waals surface area contributed by atoms with Crippen LogP contribution in [0.5, 0.6) is 5.88 Å². The molecular weight excluding hydrogens is 699 g/mol. The molecule has 2 amide bonds. The lowest BCUT2D eigenvalue weighted by Gasteiger charge is -2.29. The molecule has 1 saturated carbocycles. The van der Waals surface area contributed by atoms with Gasteiger partial charge in [0.25, 0.3) is 0 Å². The standard InChI is InChI=1S/C39H55N5O8S/c1-25(2)19-31-35(41-30-18-14-13-17-29(30)40-31)51-28-21-32-33(45)23-39(37(48)42-53(49,50)43(6)7)22-27(39)16-12-10-8-9-11-15-26(36(47)44(32)24-28)20-34(46)52-38(3,4)5/h12-14,16-18,25-28,32H,8-11,15,19-24H2,1-7H3,(H,42,48)/b16-12-/t26-,27-,28-,32+,39-/m1/s1. The molecule has 53 heavy (non-hydrogen) atoms. The van der Waals surface area contributed by atoms with E-state index >= 15 is 0 Å². The minimum atomic E-state index is -4.11. The monoisotopic (exact) mass is 753 g/mol. The molecule has 2 aliphatic heterocycles. The molecule has 2 fully saturated rings. The second-order valence-electron chi connectivity index (χ2n) is 16.4. The Kier molecular flexibility index (Phi) is 12.3. The van der Waals surface area contributed by atoms with E-state index in [1.807, 2.05) is 36.4 Å². The van der Waals surface area contributed by atoms with Gasteiger partial charge in [-0.05, 0) is 76.8 Å². The molecule has 1 aromatic carbocycles. The number of fused-ring (bicyclic) bond motifs is 3. The van der Waals surface area contributed by atoms with Gasteiger partial charge in [-0.1, -0.05) is 51.0 Å². The van der Waals surface area contributed by atoms with Crippen LogP contribution in [0.3, 0.4) is 0 Å². The van der Waals surface area contributed by atoms with Gasteiger partial charge in [0.05, 0.1) is 35.5 Å². The Morgan fingerprint density at radius 3 is 2.43 bits per heavy atom. The van der Waals surface area contributed by atoms with Crippen molar-refractivity contribution in [3.63, 3.8) is 0 Å². The Labute approximate surface area is 313 Å². The number of hydrogen-bond donors (Lipinski definition) is 1. The Hall–Kier alpha value is -3.91. The third kappa shape index (κ3) is 10.00. The molecule has 3 aliphatic rings. The molecule has 0 radical (unpaired) electrons. The minimum absolute atomic E-state index is 0.0627. The highest BCUT2D eigenvalue weighted by atomic mass is 32.2. The number of ketones is 1. The van der Waals surface area contributed by atoms with Crippen molar-refractivity contribution in [2.75, 3.05) is 20.6 Å². The zero-order valence-corrected chi connectivity index (χ0v) is 32.9. The molecule has 0 unspecified atom stereocenters. The highest BCUT2D eigenvalue weighted by Crippen LogP contribution is 2.57. The van der Waals surface area contributed by atoms with E-state index in [-0.39, 0.29) is 49.3 Å². The SMILES string of the molecule is CC(C)Cc1nc2ccccc2nc1O[C@@H]1C[C@H]2C(=O)C[C@]3(C(=O)NS(=O)(=O)N(C)C)C[C@H]3/C=C\CCCCC[C@H](CC(=O)OC(C)(C)C)C(=O)N2C1. The number of carbonyl (C=O) groups is 4. The highest BCUT2D eigenvalue weighted by Gasteiger charge is 2.61. The molecule has 13 nitrogen and oxygen atoms in total. The van der Waals surface area contributed by atoms with Crippen molar-refractivity contribution in [3.8, 4) is 5.88 Å². The van der Waals surface area contributed by atoms with E-state index in [0.29, 0.717) is 42.8 Å². The van der Waals surface area contributed by atoms with Crippen LogP contribution >= 0.6 is 0 Å². The van der Waals surface area contributed by atoms with Crippen LogP contribution in [0.1, 0.15) is 98.1 Å². The topological polar surface area (TPSA) is 165 Å². The molecule has 1 aliphatic carbocycles. The summed E-state index contributed by atoms with van der Waals surface area (Å²) in [5.74, 6) is -2.41. The molecule has 1 N–H and O–H groups in total. The number of Topliss-reactive ketones (excluding diaryl/α,β-unsaturated/α-hetero) is 1. The molecule has 5 rings (SSSR count). The second-order valence-corrected chi connectivity index (χ2v) is 18.3. The molecular formula is C39H55N5O8S. The van der Waals surface area contributed by atoms with Gasteiger partial charge in [-0.25, -0.2) is 14.7 Å². The van der Waals surface area contributed by atoms with Crippen molar-refractivity contribution in [1.29, 1.82) is 0 Å². The number of allylic oxidation sites excluding steroid dienone is 2. The van der Waals surface area contributed by atoms with Crippen LogP contribution in [-0.4, -0.2) is 89.5 Å². The average molecular weight is 754 g/mol. The van der Waals surface area contributed by atoms with Crippen LogP contribution in [-0.2, 0) is 40.5 Å². The van der Waals surface area contributed by atoms with E-state index < -0.39 is 51.2 Å². The summed E-state index contributed by atoms with van der Waals surface area (Å²) in [5.41, 5.74) is 0.0451. The van der Waals surface area contributed by atoms with Crippen molar-refractivity contribution in [2.24, 2.45) is 23.2 Å². The maximum absolute atomic E-state index is 14.6. The van der Waals surface area contributed by atoms with Crippen molar-refractivity contribution in [3.05, 3.63) is 42.1 Å². The molecule has 0 spiro atoms. The summed E-state index contributed by atoms with van der Waals surface area (Å²) in [6.07, 6.45) is 7.42. The van der Waals surface area contributed by atoms with Crippen LogP contribution < -0.4 is 9.46 Å². The lowest BCUT2D eigenvalue weighted by Crippen LogP contribution is -2.47.